The molecule has 0 saturated carbocycles. The molecule has 1 fully saturated rings. The number of benzene rings is 2. The summed E-state index contributed by atoms with van der Waals surface area (Å²) < 4.78 is 0.708. The molecule has 28 heavy (non-hydrogen) atoms. The van der Waals surface area contributed by atoms with Crippen molar-refractivity contribution >= 4 is 38.4 Å². The first-order valence-corrected chi connectivity index (χ1v) is 9.69. The van der Waals surface area contributed by atoms with E-state index in [1.807, 2.05) is 49.2 Å². The standard InChI is InChI=1S/C19H19N5O3S/c1-3-22-11-21(2)12-23(19(22)25)18-20-14-9-10-15(24(26)27)16(17(14)28-18)13-7-5-4-6-8-13/h4-10H,3,11-12H2,1-2H3. The van der Waals surface area contributed by atoms with Crippen molar-refractivity contribution in [3.05, 3.63) is 52.6 Å². The van der Waals surface area contributed by atoms with Gasteiger partial charge in [0.15, 0.2) is 5.13 Å². The van der Waals surface area contributed by atoms with Crippen molar-refractivity contribution in [2.45, 2.75) is 6.92 Å². The largest absolute Gasteiger partial charge is 0.328 e. The van der Waals surface area contributed by atoms with Gasteiger partial charge in [0.05, 0.1) is 34.0 Å². The number of aromatic nitrogens is 1. The molecule has 9 heteroatoms. The normalized spacial score (nSPS) is 15.4. The Morgan fingerprint density at radius 1 is 1.18 bits per heavy atom. The van der Waals surface area contributed by atoms with Gasteiger partial charge in [-0.3, -0.25) is 19.9 Å². The summed E-state index contributed by atoms with van der Waals surface area (Å²) in [5, 5.41) is 12.2. The Morgan fingerprint density at radius 2 is 1.93 bits per heavy atom. The van der Waals surface area contributed by atoms with Crippen molar-refractivity contribution in [3.8, 4) is 11.1 Å². The zero-order chi connectivity index (χ0) is 19.8. The minimum Gasteiger partial charge on any atom is -0.312 e. The third-order valence-corrected chi connectivity index (χ3v) is 5.80. The van der Waals surface area contributed by atoms with Crippen molar-refractivity contribution in [3.63, 3.8) is 0 Å². The molecule has 0 spiro atoms. The maximum Gasteiger partial charge on any atom is 0.328 e. The molecule has 3 aromatic rings. The molecule has 144 valence electrons. The molecule has 0 radical (unpaired) electrons. The highest BCUT2D eigenvalue weighted by atomic mass is 32.1. The van der Waals surface area contributed by atoms with Crippen molar-refractivity contribution in [1.29, 1.82) is 0 Å². The average molecular weight is 397 g/mol. The SMILES string of the molecule is CCN1CN(C)CN(c2nc3ccc([N+](=O)[O-])c(-c4ccccc4)c3s2)C1=O. The van der Waals surface area contributed by atoms with Gasteiger partial charge in [0.25, 0.3) is 5.69 Å². The van der Waals surface area contributed by atoms with E-state index in [0.717, 1.165) is 5.56 Å². The van der Waals surface area contributed by atoms with Gasteiger partial charge in [0.2, 0.25) is 0 Å². The number of nitro benzene ring substituents is 1. The zero-order valence-corrected chi connectivity index (χ0v) is 16.3. The monoisotopic (exact) mass is 397 g/mol. The van der Waals surface area contributed by atoms with Crippen LogP contribution in [0.25, 0.3) is 21.3 Å². The number of hydrogen-bond donors (Lipinski definition) is 0. The van der Waals surface area contributed by atoms with Crippen LogP contribution in [0.15, 0.2) is 42.5 Å². The van der Waals surface area contributed by atoms with Crippen LogP contribution in [0, 0.1) is 10.1 Å². The fourth-order valence-electron chi connectivity index (χ4n) is 3.37. The van der Waals surface area contributed by atoms with E-state index in [2.05, 4.69) is 4.98 Å². The first-order chi connectivity index (χ1) is 13.5. The molecule has 4 rings (SSSR count). The molecule has 2 aromatic carbocycles. The van der Waals surface area contributed by atoms with E-state index in [1.54, 1.807) is 15.9 Å². The van der Waals surface area contributed by atoms with Gasteiger partial charge < -0.3 is 4.90 Å². The summed E-state index contributed by atoms with van der Waals surface area (Å²) in [6.07, 6.45) is 0. The lowest BCUT2D eigenvalue weighted by Crippen LogP contribution is -2.56. The van der Waals surface area contributed by atoms with Crippen molar-refractivity contribution in [1.82, 2.24) is 14.8 Å². The fraction of sp³-hybridized carbons (Fsp3) is 0.263. The van der Waals surface area contributed by atoms with E-state index in [-0.39, 0.29) is 16.6 Å². The maximum atomic E-state index is 12.8. The molecule has 0 N–H and O–H groups in total. The number of hydrogen-bond acceptors (Lipinski definition) is 6. The second kappa shape index (κ2) is 7.17. The van der Waals surface area contributed by atoms with Gasteiger partial charge in [0, 0.05) is 12.6 Å². The summed E-state index contributed by atoms with van der Waals surface area (Å²) in [5.74, 6) is 0. The Bertz CT molecular complexity index is 1050. The Labute approximate surface area is 165 Å². The van der Waals surface area contributed by atoms with E-state index >= 15 is 0 Å². The maximum absolute atomic E-state index is 12.8. The highest BCUT2D eigenvalue weighted by Crippen LogP contribution is 2.42. The van der Waals surface area contributed by atoms with Gasteiger partial charge in [-0.15, -0.1) is 0 Å². The van der Waals surface area contributed by atoms with Crippen molar-refractivity contribution in [2.24, 2.45) is 0 Å². The van der Waals surface area contributed by atoms with Gasteiger partial charge in [-0.2, -0.15) is 0 Å². The number of carbonyl (C=O) groups excluding carboxylic acids is 1. The third kappa shape index (κ3) is 3.08. The molecule has 1 saturated heterocycles. The molecule has 1 aromatic heterocycles. The molecule has 2 heterocycles. The summed E-state index contributed by atoms with van der Waals surface area (Å²) in [6.45, 7) is 3.53. The molecule has 8 nitrogen and oxygen atoms in total. The number of fused-ring (bicyclic) bond motifs is 1. The predicted molar refractivity (Wildman–Crippen MR) is 109 cm³/mol. The lowest BCUT2D eigenvalue weighted by Gasteiger charge is -2.38. The molecular formula is C19H19N5O3S. The van der Waals surface area contributed by atoms with Crippen LogP contribution in [0.4, 0.5) is 15.6 Å². The summed E-state index contributed by atoms with van der Waals surface area (Å²) in [6, 6.07) is 12.3. The fourth-order valence-corrected chi connectivity index (χ4v) is 4.48. The second-order valence-electron chi connectivity index (χ2n) is 6.63. The lowest BCUT2D eigenvalue weighted by atomic mass is 10.0. The quantitative estimate of drug-likeness (QED) is 0.491. The van der Waals surface area contributed by atoms with Crippen LogP contribution >= 0.6 is 11.3 Å². The van der Waals surface area contributed by atoms with E-state index in [9.17, 15) is 14.9 Å². The number of amides is 2. The zero-order valence-electron chi connectivity index (χ0n) is 15.5. The summed E-state index contributed by atoms with van der Waals surface area (Å²) >= 11 is 1.31. The summed E-state index contributed by atoms with van der Waals surface area (Å²) in [4.78, 5) is 34.1. The number of rotatable bonds is 4. The molecule has 1 aliphatic rings. The Hall–Kier alpha value is -3.04. The van der Waals surface area contributed by atoms with Crippen LogP contribution in [0.1, 0.15) is 6.92 Å². The van der Waals surface area contributed by atoms with Gasteiger partial charge in [0.1, 0.15) is 0 Å². The highest BCUT2D eigenvalue weighted by molar-refractivity contribution is 7.23. The third-order valence-electron chi connectivity index (χ3n) is 4.69. The molecule has 0 bridgehead atoms. The first-order valence-electron chi connectivity index (χ1n) is 8.88. The van der Waals surface area contributed by atoms with Gasteiger partial charge in [-0.1, -0.05) is 41.7 Å². The van der Waals surface area contributed by atoms with Crippen molar-refractivity contribution < 1.29 is 9.72 Å². The van der Waals surface area contributed by atoms with Gasteiger partial charge in [-0.05, 0) is 25.6 Å². The lowest BCUT2D eigenvalue weighted by molar-refractivity contribution is -0.384. The van der Waals surface area contributed by atoms with E-state index in [1.165, 1.54) is 17.4 Å². The Kier molecular flexibility index (Phi) is 4.70. The number of nitro groups is 1. The highest BCUT2D eigenvalue weighted by Gasteiger charge is 2.31. The smallest absolute Gasteiger partial charge is 0.312 e. The van der Waals surface area contributed by atoms with Gasteiger partial charge >= 0.3 is 6.03 Å². The average Bonchev–Trinajstić information content (AvgIpc) is 3.13. The molecule has 0 unspecified atom stereocenters. The number of thiazole rings is 1. The minimum atomic E-state index is -0.375. The second-order valence-corrected chi connectivity index (χ2v) is 7.61. The molecule has 0 atom stereocenters. The minimum absolute atomic E-state index is 0.0335. The molecule has 1 aliphatic heterocycles. The number of nitrogens with zero attached hydrogens (tertiary/aromatic N) is 5. The van der Waals surface area contributed by atoms with Crippen LogP contribution in [0.3, 0.4) is 0 Å². The van der Waals surface area contributed by atoms with E-state index in [0.29, 0.717) is 40.8 Å². The van der Waals surface area contributed by atoms with E-state index < -0.39 is 0 Å². The summed E-state index contributed by atoms with van der Waals surface area (Å²) in [5.41, 5.74) is 1.98. The van der Waals surface area contributed by atoms with Crippen LogP contribution in [0.2, 0.25) is 0 Å². The van der Waals surface area contributed by atoms with Crippen molar-refractivity contribution in [2.75, 3.05) is 31.8 Å². The topological polar surface area (TPSA) is 82.8 Å². The van der Waals surface area contributed by atoms with Crippen LogP contribution in [0.5, 0.6) is 0 Å². The van der Waals surface area contributed by atoms with Crippen LogP contribution in [-0.4, -0.2) is 52.7 Å². The number of urea groups is 1. The molecule has 0 aliphatic carbocycles. The number of carbonyl (C=O) groups is 1. The van der Waals surface area contributed by atoms with E-state index in [4.69, 9.17) is 0 Å². The Morgan fingerprint density at radius 3 is 2.61 bits per heavy atom. The Balaban J connectivity index is 1.88. The molecular weight excluding hydrogens is 378 g/mol. The summed E-state index contributed by atoms with van der Waals surface area (Å²) in [7, 11) is 1.94. The van der Waals surface area contributed by atoms with Gasteiger partial charge in [-0.25, -0.2) is 9.78 Å². The molecule has 2 amide bonds. The van der Waals surface area contributed by atoms with Crippen LogP contribution < -0.4 is 4.90 Å². The number of anilines is 1. The predicted octanol–water partition coefficient (Wildman–Crippen LogP) is 3.98. The van der Waals surface area contributed by atoms with Crippen LogP contribution in [-0.2, 0) is 0 Å². The first kappa shape index (κ1) is 18.3.